The summed E-state index contributed by atoms with van der Waals surface area (Å²) in [4.78, 5) is 27.0. The summed E-state index contributed by atoms with van der Waals surface area (Å²) >= 11 is 0. The smallest absolute Gasteiger partial charge is 0.261 e. The Morgan fingerprint density at radius 3 is 2.43 bits per heavy atom. The number of halogens is 1. The van der Waals surface area contributed by atoms with Crippen LogP contribution in [0, 0.1) is 12.7 Å². The summed E-state index contributed by atoms with van der Waals surface area (Å²) in [5.41, 5.74) is 1.98. The fraction of sp³-hybridized carbons (Fsp3) is 0.364. The molecule has 0 heterocycles. The van der Waals surface area contributed by atoms with Crippen LogP contribution >= 0.6 is 0 Å². The molecule has 0 fully saturated rings. The highest BCUT2D eigenvalue weighted by molar-refractivity contribution is 5.88. The fourth-order valence-corrected chi connectivity index (χ4v) is 2.97. The molecule has 0 saturated carbocycles. The largest absolute Gasteiger partial charge is 0.481 e. The summed E-state index contributed by atoms with van der Waals surface area (Å²) in [6.45, 7) is 6.06. The minimum Gasteiger partial charge on any atom is -0.481 e. The van der Waals surface area contributed by atoms with Crippen molar-refractivity contribution in [2.24, 2.45) is 0 Å². The van der Waals surface area contributed by atoms with E-state index >= 15 is 0 Å². The minimum absolute atomic E-state index is 0.0118. The van der Waals surface area contributed by atoms with Gasteiger partial charge in [-0.05, 0) is 43.5 Å². The summed E-state index contributed by atoms with van der Waals surface area (Å²) < 4.78 is 19.2. The number of rotatable bonds is 9. The lowest BCUT2D eigenvalue weighted by atomic mass is 10.1. The predicted octanol–water partition coefficient (Wildman–Crippen LogP) is 3.46. The molecule has 0 saturated heterocycles. The van der Waals surface area contributed by atoms with Gasteiger partial charge in [0.25, 0.3) is 5.91 Å². The maximum atomic E-state index is 13.8. The van der Waals surface area contributed by atoms with E-state index in [1.807, 2.05) is 45.0 Å². The lowest BCUT2D eigenvalue weighted by Gasteiger charge is -2.31. The van der Waals surface area contributed by atoms with E-state index in [4.69, 9.17) is 4.74 Å². The van der Waals surface area contributed by atoms with E-state index in [-0.39, 0.29) is 30.7 Å². The van der Waals surface area contributed by atoms with Crippen molar-refractivity contribution in [3.8, 4) is 5.75 Å². The number of aryl methyl sites for hydroxylation is 1. The highest BCUT2D eigenvalue weighted by Crippen LogP contribution is 2.18. The number of likely N-dealkylation sites (N-methyl/N-ethyl adjacent to an activating group) is 1. The molecule has 28 heavy (non-hydrogen) atoms. The molecule has 6 heteroatoms. The van der Waals surface area contributed by atoms with Gasteiger partial charge < -0.3 is 15.0 Å². The molecule has 2 rings (SSSR count). The molecule has 2 aromatic carbocycles. The maximum Gasteiger partial charge on any atom is 0.261 e. The molecule has 5 nitrogen and oxygen atoms in total. The van der Waals surface area contributed by atoms with Crippen molar-refractivity contribution in [1.29, 1.82) is 0 Å². The average molecular weight is 386 g/mol. The van der Waals surface area contributed by atoms with Crippen LogP contribution in [0.5, 0.6) is 5.75 Å². The van der Waals surface area contributed by atoms with Crippen LogP contribution in [0.3, 0.4) is 0 Å². The molecule has 0 bridgehead atoms. The van der Waals surface area contributed by atoms with Gasteiger partial charge in [0, 0.05) is 13.1 Å². The molecule has 150 valence electrons. The standard InChI is InChI=1S/C22H27FN2O3/c1-4-19(22(27)24-5-2)25(14-17-11-7-6-10-16(17)3)21(26)15-28-20-13-9-8-12-18(20)23/h6-13,19H,4-5,14-15H2,1-3H3,(H,24,27)/t19-/m1/s1. The normalized spacial score (nSPS) is 11.6. The number of hydrogen-bond donors (Lipinski definition) is 1. The van der Waals surface area contributed by atoms with Gasteiger partial charge >= 0.3 is 0 Å². The van der Waals surface area contributed by atoms with E-state index in [9.17, 15) is 14.0 Å². The van der Waals surface area contributed by atoms with Crippen LogP contribution in [0.15, 0.2) is 48.5 Å². The van der Waals surface area contributed by atoms with Crippen LogP contribution in [-0.2, 0) is 16.1 Å². The Balaban J connectivity index is 2.23. The zero-order chi connectivity index (χ0) is 20.5. The van der Waals surface area contributed by atoms with Crippen molar-refractivity contribution >= 4 is 11.8 Å². The van der Waals surface area contributed by atoms with E-state index in [1.54, 1.807) is 12.1 Å². The van der Waals surface area contributed by atoms with E-state index in [0.29, 0.717) is 13.0 Å². The van der Waals surface area contributed by atoms with Crippen LogP contribution in [-0.4, -0.2) is 35.9 Å². The number of amides is 2. The van der Waals surface area contributed by atoms with Crippen LogP contribution in [0.2, 0.25) is 0 Å². The topological polar surface area (TPSA) is 58.6 Å². The van der Waals surface area contributed by atoms with Gasteiger partial charge in [0.1, 0.15) is 6.04 Å². The van der Waals surface area contributed by atoms with Gasteiger partial charge in [-0.2, -0.15) is 0 Å². The molecule has 1 atom stereocenters. The summed E-state index contributed by atoms with van der Waals surface area (Å²) in [5, 5.41) is 2.78. The Bertz CT molecular complexity index is 810. The number of para-hydroxylation sites is 1. The number of nitrogens with zero attached hydrogens (tertiary/aromatic N) is 1. The van der Waals surface area contributed by atoms with E-state index < -0.39 is 11.9 Å². The quantitative estimate of drug-likeness (QED) is 0.718. The van der Waals surface area contributed by atoms with Crippen molar-refractivity contribution in [3.05, 3.63) is 65.5 Å². The zero-order valence-corrected chi connectivity index (χ0v) is 16.6. The van der Waals surface area contributed by atoms with Crippen LogP contribution in [0.25, 0.3) is 0 Å². The number of hydrogen-bond acceptors (Lipinski definition) is 3. The second kappa shape index (κ2) is 10.4. The monoisotopic (exact) mass is 386 g/mol. The summed E-state index contributed by atoms with van der Waals surface area (Å²) in [6.07, 6.45) is 0.461. The Morgan fingerprint density at radius 2 is 1.79 bits per heavy atom. The molecular formula is C22H27FN2O3. The number of ether oxygens (including phenoxy) is 1. The Labute approximate surface area is 165 Å². The summed E-state index contributed by atoms with van der Waals surface area (Å²) in [6, 6.07) is 13.0. The molecule has 0 aliphatic rings. The Morgan fingerprint density at radius 1 is 1.11 bits per heavy atom. The molecule has 0 aromatic heterocycles. The second-order valence-corrected chi connectivity index (χ2v) is 6.49. The van der Waals surface area contributed by atoms with Gasteiger partial charge in [0.2, 0.25) is 5.91 Å². The van der Waals surface area contributed by atoms with Crippen molar-refractivity contribution in [2.45, 2.75) is 39.8 Å². The van der Waals surface area contributed by atoms with Crippen LogP contribution in [0.1, 0.15) is 31.4 Å². The number of nitrogens with one attached hydrogen (secondary N) is 1. The minimum atomic E-state index is -0.628. The second-order valence-electron chi connectivity index (χ2n) is 6.49. The van der Waals surface area contributed by atoms with Gasteiger partial charge in [-0.1, -0.05) is 43.3 Å². The molecule has 0 aliphatic heterocycles. The SMILES string of the molecule is CCNC(=O)[C@@H](CC)N(Cc1ccccc1C)C(=O)COc1ccccc1F. The summed E-state index contributed by atoms with van der Waals surface area (Å²) in [7, 11) is 0. The third-order valence-electron chi connectivity index (χ3n) is 4.53. The van der Waals surface area contributed by atoms with Gasteiger partial charge in [-0.3, -0.25) is 9.59 Å². The lowest BCUT2D eigenvalue weighted by molar-refractivity contribution is -0.143. The van der Waals surface area contributed by atoms with Crippen LogP contribution in [0.4, 0.5) is 4.39 Å². The van der Waals surface area contributed by atoms with E-state index in [2.05, 4.69) is 5.32 Å². The Hall–Kier alpha value is -2.89. The number of carbonyl (C=O) groups is 2. The first-order valence-electron chi connectivity index (χ1n) is 9.46. The number of carbonyl (C=O) groups excluding carboxylic acids is 2. The fourth-order valence-electron chi connectivity index (χ4n) is 2.97. The average Bonchev–Trinajstić information content (AvgIpc) is 2.68. The highest BCUT2D eigenvalue weighted by atomic mass is 19.1. The zero-order valence-electron chi connectivity index (χ0n) is 16.6. The molecule has 0 unspecified atom stereocenters. The van der Waals surface area contributed by atoms with Crippen molar-refractivity contribution in [2.75, 3.05) is 13.2 Å². The van der Waals surface area contributed by atoms with Crippen LogP contribution < -0.4 is 10.1 Å². The first-order valence-corrected chi connectivity index (χ1v) is 9.46. The van der Waals surface area contributed by atoms with E-state index in [1.165, 1.54) is 17.0 Å². The molecule has 2 amide bonds. The Kier molecular flexibility index (Phi) is 7.99. The first-order chi connectivity index (χ1) is 13.5. The molecule has 0 radical (unpaired) electrons. The van der Waals surface area contributed by atoms with Crippen molar-refractivity contribution < 1.29 is 18.7 Å². The molecule has 2 aromatic rings. The van der Waals surface area contributed by atoms with Crippen molar-refractivity contribution in [3.63, 3.8) is 0 Å². The van der Waals surface area contributed by atoms with Gasteiger partial charge in [0.15, 0.2) is 18.2 Å². The number of benzene rings is 2. The van der Waals surface area contributed by atoms with E-state index in [0.717, 1.165) is 11.1 Å². The van der Waals surface area contributed by atoms with Gasteiger partial charge in [-0.15, -0.1) is 0 Å². The lowest BCUT2D eigenvalue weighted by Crippen LogP contribution is -2.50. The summed E-state index contributed by atoms with van der Waals surface area (Å²) in [5.74, 6) is -1.10. The van der Waals surface area contributed by atoms with Crippen molar-refractivity contribution in [1.82, 2.24) is 10.2 Å². The maximum absolute atomic E-state index is 13.8. The van der Waals surface area contributed by atoms with Gasteiger partial charge in [0.05, 0.1) is 0 Å². The predicted molar refractivity (Wildman–Crippen MR) is 106 cm³/mol. The molecule has 0 aliphatic carbocycles. The van der Waals surface area contributed by atoms with Gasteiger partial charge in [-0.25, -0.2) is 4.39 Å². The third kappa shape index (κ3) is 5.55. The molecular weight excluding hydrogens is 359 g/mol. The third-order valence-corrected chi connectivity index (χ3v) is 4.53. The molecule has 0 spiro atoms. The molecule has 1 N–H and O–H groups in total. The highest BCUT2D eigenvalue weighted by Gasteiger charge is 2.29. The first kappa shape index (κ1) is 21.4.